The zero-order valence-electron chi connectivity index (χ0n) is 13.9. The van der Waals surface area contributed by atoms with E-state index in [0.29, 0.717) is 6.04 Å². The maximum Gasteiger partial charge on any atom is 0.319 e. The zero-order valence-corrected chi connectivity index (χ0v) is 13.9. The van der Waals surface area contributed by atoms with E-state index in [4.69, 9.17) is 0 Å². The van der Waals surface area contributed by atoms with Crippen molar-refractivity contribution in [3.05, 3.63) is 18.3 Å². The first-order valence-electron chi connectivity index (χ1n) is 9.10. The van der Waals surface area contributed by atoms with Crippen molar-refractivity contribution in [1.29, 1.82) is 0 Å². The third-order valence-electron chi connectivity index (χ3n) is 4.88. The van der Waals surface area contributed by atoms with Crippen LogP contribution in [0.4, 0.5) is 16.3 Å². The molecule has 1 aromatic heterocycles. The first-order valence-corrected chi connectivity index (χ1v) is 9.10. The number of anilines is 2. The Balaban J connectivity index is 1.58. The summed E-state index contributed by atoms with van der Waals surface area (Å²) in [7, 11) is 0. The van der Waals surface area contributed by atoms with Gasteiger partial charge in [-0.3, -0.25) is 0 Å². The minimum Gasteiger partial charge on any atom is -0.355 e. The molecule has 1 saturated carbocycles. The quantitative estimate of drug-likeness (QED) is 0.888. The van der Waals surface area contributed by atoms with Gasteiger partial charge in [0.1, 0.15) is 0 Å². The molecule has 0 atom stereocenters. The molecule has 0 bridgehead atoms. The predicted octanol–water partition coefficient (Wildman–Crippen LogP) is 3.92. The standard InChI is InChI=1S/C18H28N4O/c23-18(20-15-9-4-2-1-3-5-10-15)21-16-11-8-12-19-17(16)22-13-6-7-14-22/h8,11-12,15H,1-7,9-10,13-14H2,(H2,20,21,23). The molecule has 2 aliphatic rings. The molecule has 2 fully saturated rings. The van der Waals surface area contributed by atoms with Gasteiger partial charge in [0.25, 0.3) is 0 Å². The lowest BCUT2D eigenvalue weighted by atomic mass is 9.97. The Morgan fingerprint density at radius 3 is 2.48 bits per heavy atom. The van der Waals surface area contributed by atoms with Crippen LogP contribution in [0.3, 0.4) is 0 Å². The van der Waals surface area contributed by atoms with Crippen LogP contribution >= 0.6 is 0 Å². The fraction of sp³-hybridized carbons (Fsp3) is 0.667. The van der Waals surface area contributed by atoms with Crippen molar-refractivity contribution in [2.24, 2.45) is 0 Å². The van der Waals surface area contributed by atoms with Crippen molar-refractivity contribution in [2.75, 3.05) is 23.3 Å². The minimum atomic E-state index is -0.0935. The molecule has 1 aliphatic heterocycles. The van der Waals surface area contributed by atoms with Gasteiger partial charge in [-0.1, -0.05) is 32.1 Å². The van der Waals surface area contributed by atoms with E-state index in [2.05, 4.69) is 20.5 Å². The number of rotatable bonds is 3. The van der Waals surface area contributed by atoms with Crippen LogP contribution in [0.2, 0.25) is 0 Å². The highest BCUT2D eigenvalue weighted by molar-refractivity contribution is 5.92. The first-order chi connectivity index (χ1) is 11.3. The Kier molecular flexibility index (Phi) is 5.72. The Labute approximate surface area is 138 Å². The van der Waals surface area contributed by atoms with E-state index in [1.165, 1.54) is 44.9 Å². The monoisotopic (exact) mass is 316 g/mol. The highest BCUT2D eigenvalue weighted by Gasteiger charge is 2.19. The van der Waals surface area contributed by atoms with Crippen molar-refractivity contribution in [3.8, 4) is 0 Å². The third kappa shape index (κ3) is 4.60. The summed E-state index contributed by atoms with van der Waals surface area (Å²) in [6, 6.07) is 4.04. The molecular weight excluding hydrogens is 288 g/mol. The molecule has 2 amide bonds. The fourth-order valence-corrected chi connectivity index (χ4v) is 3.62. The Bertz CT molecular complexity index is 505. The van der Waals surface area contributed by atoms with E-state index in [9.17, 15) is 4.79 Å². The van der Waals surface area contributed by atoms with Crippen molar-refractivity contribution >= 4 is 17.5 Å². The molecule has 0 unspecified atom stereocenters. The summed E-state index contributed by atoms with van der Waals surface area (Å²) in [6.45, 7) is 2.05. The van der Waals surface area contributed by atoms with E-state index in [-0.39, 0.29) is 6.03 Å². The summed E-state index contributed by atoms with van der Waals surface area (Å²) in [5.41, 5.74) is 0.817. The number of amides is 2. The number of nitrogens with zero attached hydrogens (tertiary/aromatic N) is 2. The molecule has 0 radical (unpaired) electrons. The number of carbonyl (C=O) groups excluding carboxylic acids is 1. The van der Waals surface area contributed by atoms with E-state index in [1.807, 2.05) is 12.1 Å². The molecule has 5 nitrogen and oxygen atoms in total. The van der Waals surface area contributed by atoms with Crippen LogP contribution in [-0.2, 0) is 0 Å². The number of hydrogen-bond donors (Lipinski definition) is 2. The third-order valence-corrected chi connectivity index (χ3v) is 4.88. The van der Waals surface area contributed by atoms with Gasteiger partial charge in [0.2, 0.25) is 0 Å². The molecule has 1 saturated heterocycles. The van der Waals surface area contributed by atoms with Crippen LogP contribution in [0, 0.1) is 0 Å². The second-order valence-corrected chi connectivity index (χ2v) is 6.71. The molecule has 3 rings (SSSR count). The minimum absolute atomic E-state index is 0.0935. The topological polar surface area (TPSA) is 57.3 Å². The highest BCUT2D eigenvalue weighted by Crippen LogP contribution is 2.26. The van der Waals surface area contributed by atoms with Crippen molar-refractivity contribution in [3.63, 3.8) is 0 Å². The normalized spacial score (nSPS) is 19.9. The lowest BCUT2D eigenvalue weighted by Crippen LogP contribution is -2.38. The number of aromatic nitrogens is 1. The lowest BCUT2D eigenvalue weighted by Gasteiger charge is -2.23. The molecule has 2 N–H and O–H groups in total. The second-order valence-electron chi connectivity index (χ2n) is 6.71. The number of urea groups is 1. The smallest absolute Gasteiger partial charge is 0.319 e. The zero-order chi connectivity index (χ0) is 15.9. The van der Waals surface area contributed by atoms with E-state index in [0.717, 1.165) is 37.4 Å². The van der Waals surface area contributed by atoms with Gasteiger partial charge in [-0.05, 0) is 37.8 Å². The average molecular weight is 316 g/mol. The van der Waals surface area contributed by atoms with Gasteiger partial charge in [0, 0.05) is 25.3 Å². The summed E-state index contributed by atoms with van der Waals surface area (Å²) in [4.78, 5) is 19.1. The summed E-state index contributed by atoms with van der Waals surface area (Å²) < 4.78 is 0. The molecule has 0 spiro atoms. The number of nitrogens with one attached hydrogen (secondary N) is 2. The van der Waals surface area contributed by atoms with Gasteiger partial charge in [0.15, 0.2) is 5.82 Å². The Morgan fingerprint density at radius 1 is 1.04 bits per heavy atom. The van der Waals surface area contributed by atoms with Gasteiger partial charge in [-0.15, -0.1) is 0 Å². The summed E-state index contributed by atoms with van der Waals surface area (Å²) in [5, 5.41) is 6.17. The molecular formula is C18H28N4O. The number of pyridine rings is 1. The number of carbonyl (C=O) groups is 1. The summed E-state index contributed by atoms with van der Waals surface area (Å²) in [6.07, 6.45) is 12.8. The van der Waals surface area contributed by atoms with Crippen LogP contribution in [0.25, 0.3) is 0 Å². The predicted molar refractivity (Wildman–Crippen MR) is 93.9 cm³/mol. The maximum absolute atomic E-state index is 12.4. The lowest BCUT2D eigenvalue weighted by molar-refractivity contribution is 0.245. The summed E-state index contributed by atoms with van der Waals surface area (Å²) in [5.74, 6) is 0.901. The number of hydrogen-bond acceptors (Lipinski definition) is 3. The SMILES string of the molecule is O=C(Nc1cccnc1N1CCCC1)NC1CCCCCCC1. The van der Waals surface area contributed by atoms with E-state index >= 15 is 0 Å². The Morgan fingerprint density at radius 2 is 1.74 bits per heavy atom. The molecule has 23 heavy (non-hydrogen) atoms. The van der Waals surface area contributed by atoms with Crippen LogP contribution in [-0.4, -0.2) is 30.1 Å². The second kappa shape index (κ2) is 8.18. The molecule has 0 aromatic carbocycles. The van der Waals surface area contributed by atoms with Gasteiger partial charge in [-0.25, -0.2) is 9.78 Å². The van der Waals surface area contributed by atoms with E-state index in [1.54, 1.807) is 6.20 Å². The van der Waals surface area contributed by atoms with Crippen LogP contribution in [0.5, 0.6) is 0 Å². The Hall–Kier alpha value is -1.78. The average Bonchev–Trinajstić information content (AvgIpc) is 3.04. The van der Waals surface area contributed by atoms with Crippen molar-refractivity contribution in [2.45, 2.75) is 63.8 Å². The largest absolute Gasteiger partial charge is 0.355 e. The van der Waals surface area contributed by atoms with Gasteiger partial charge >= 0.3 is 6.03 Å². The summed E-state index contributed by atoms with van der Waals surface area (Å²) >= 11 is 0. The molecule has 1 aliphatic carbocycles. The van der Waals surface area contributed by atoms with Crippen LogP contribution < -0.4 is 15.5 Å². The van der Waals surface area contributed by atoms with E-state index < -0.39 is 0 Å². The van der Waals surface area contributed by atoms with Gasteiger partial charge in [0.05, 0.1) is 5.69 Å². The fourth-order valence-electron chi connectivity index (χ4n) is 3.62. The molecule has 1 aromatic rings. The van der Waals surface area contributed by atoms with Gasteiger partial charge < -0.3 is 15.5 Å². The van der Waals surface area contributed by atoms with Gasteiger partial charge in [-0.2, -0.15) is 0 Å². The molecule has 2 heterocycles. The molecule has 126 valence electrons. The molecule has 5 heteroatoms. The maximum atomic E-state index is 12.4. The first kappa shape index (κ1) is 16.1. The highest BCUT2D eigenvalue weighted by atomic mass is 16.2. The van der Waals surface area contributed by atoms with Crippen LogP contribution in [0.15, 0.2) is 18.3 Å². The van der Waals surface area contributed by atoms with Crippen molar-refractivity contribution < 1.29 is 4.79 Å². The van der Waals surface area contributed by atoms with Crippen molar-refractivity contribution in [1.82, 2.24) is 10.3 Å². The van der Waals surface area contributed by atoms with Crippen LogP contribution in [0.1, 0.15) is 57.8 Å².